The molecule has 0 saturated carbocycles. The molecule has 2 heterocycles. The third-order valence-corrected chi connectivity index (χ3v) is 6.01. The Labute approximate surface area is 149 Å². The zero-order valence-electron chi connectivity index (χ0n) is 14.1. The fourth-order valence-electron chi connectivity index (χ4n) is 2.84. The van der Waals surface area contributed by atoms with E-state index in [1.165, 1.54) is 0 Å². The monoisotopic (exact) mass is 394 g/mol. The second kappa shape index (κ2) is 8.12. The minimum absolute atomic E-state index is 0.0219. The van der Waals surface area contributed by atoms with E-state index in [9.17, 15) is 26.8 Å². The van der Waals surface area contributed by atoms with E-state index in [2.05, 4.69) is 0 Å². The first kappa shape index (κ1) is 20.3. The summed E-state index contributed by atoms with van der Waals surface area (Å²) >= 11 is 0. The summed E-state index contributed by atoms with van der Waals surface area (Å²) in [5.74, 6) is -2.80. The molecule has 0 radical (unpaired) electrons. The molecule has 146 valence electrons. The number of aromatic carboxylic acids is 1. The Hall–Kier alpha value is -2.01. The molecule has 1 saturated heterocycles. The zero-order chi connectivity index (χ0) is 19.5. The number of carboxylic acids is 1. The highest BCUT2D eigenvalue weighted by atomic mass is 32.2. The molecule has 0 aliphatic carbocycles. The molecule has 0 aromatic carbocycles. The Morgan fingerprint density at radius 2 is 1.96 bits per heavy atom. The van der Waals surface area contributed by atoms with Crippen LogP contribution in [-0.4, -0.2) is 67.2 Å². The van der Waals surface area contributed by atoms with Crippen LogP contribution in [0.2, 0.25) is 0 Å². The smallest absolute Gasteiger partial charge is 0.371 e. The molecular weight excluding hydrogens is 374 g/mol. The average molecular weight is 394 g/mol. The first-order chi connectivity index (χ1) is 12.2. The summed E-state index contributed by atoms with van der Waals surface area (Å²) in [7, 11) is -4.01. The summed E-state index contributed by atoms with van der Waals surface area (Å²) in [6.07, 6.45) is -2.23. The molecule has 1 aliphatic heterocycles. The number of piperidine rings is 1. The minimum atomic E-state index is -4.01. The van der Waals surface area contributed by atoms with Crippen LogP contribution in [-0.2, 0) is 14.8 Å². The van der Waals surface area contributed by atoms with Crippen molar-refractivity contribution in [3.05, 3.63) is 17.9 Å². The molecule has 26 heavy (non-hydrogen) atoms. The molecule has 1 amide bonds. The Bertz CT molecular complexity index is 756. The maximum absolute atomic E-state index is 12.5. The number of rotatable bonds is 7. The molecule has 0 bridgehead atoms. The Morgan fingerprint density at radius 3 is 2.42 bits per heavy atom. The van der Waals surface area contributed by atoms with Gasteiger partial charge in [0.2, 0.25) is 16.8 Å². The molecule has 1 aromatic heterocycles. The maximum atomic E-state index is 12.5. The van der Waals surface area contributed by atoms with Gasteiger partial charge in [-0.1, -0.05) is 0 Å². The number of furan rings is 1. The average Bonchev–Trinajstić information content (AvgIpc) is 3.10. The molecule has 1 N–H and O–H groups in total. The van der Waals surface area contributed by atoms with Crippen LogP contribution >= 0.6 is 0 Å². The topological polar surface area (TPSA) is 108 Å². The van der Waals surface area contributed by atoms with Crippen LogP contribution in [0.3, 0.4) is 0 Å². The number of carboxylic acid groups (broad SMARTS) is 1. The summed E-state index contributed by atoms with van der Waals surface area (Å²) in [6, 6.07) is 2.12. The van der Waals surface area contributed by atoms with E-state index in [0.717, 1.165) is 21.3 Å². The summed E-state index contributed by atoms with van der Waals surface area (Å²) in [5, 5.41) is 8.33. The fraction of sp³-hybridized carbons (Fsp3) is 0.600. The Kier molecular flexibility index (Phi) is 6.34. The number of carbonyl (C=O) groups is 2. The predicted octanol–water partition coefficient (Wildman–Crippen LogP) is 1.49. The Balaban J connectivity index is 2.02. The summed E-state index contributed by atoms with van der Waals surface area (Å²) < 4.78 is 56.0. The largest absolute Gasteiger partial charge is 0.475 e. The van der Waals surface area contributed by atoms with Gasteiger partial charge in [-0.2, -0.15) is 4.31 Å². The van der Waals surface area contributed by atoms with Crippen LogP contribution in [0.4, 0.5) is 8.78 Å². The van der Waals surface area contributed by atoms with E-state index >= 15 is 0 Å². The molecule has 1 fully saturated rings. The number of carbonyl (C=O) groups excluding carboxylic acids is 1. The number of halogens is 2. The van der Waals surface area contributed by atoms with Crippen molar-refractivity contribution in [2.24, 2.45) is 5.92 Å². The number of sulfonamides is 1. The van der Waals surface area contributed by atoms with Crippen molar-refractivity contribution in [1.82, 2.24) is 9.21 Å². The van der Waals surface area contributed by atoms with Crippen LogP contribution in [0, 0.1) is 5.92 Å². The fourth-order valence-corrected chi connectivity index (χ4v) is 4.22. The second-order valence-electron chi connectivity index (χ2n) is 5.87. The van der Waals surface area contributed by atoms with Crippen molar-refractivity contribution in [2.75, 3.05) is 26.2 Å². The van der Waals surface area contributed by atoms with E-state index in [4.69, 9.17) is 9.52 Å². The van der Waals surface area contributed by atoms with Gasteiger partial charge in [-0.3, -0.25) is 4.79 Å². The third-order valence-electron chi connectivity index (χ3n) is 4.24. The SMILES string of the molecule is CCN(CC(F)F)C(=O)C1CCN(S(=O)(=O)c2ccc(C(=O)O)o2)CC1. The summed E-state index contributed by atoms with van der Waals surface area (Å²) in [6.45, 7) is 1.17. The maximum Gasteiger partial charge on any atom is 0.371 e. The van der Waals surface area contributed by atoms with Crippen LogP contribution < -0.4 is 0 Å². The molecule has 11 heteroatoms. The van der Waals surface area contributed by atoms with Crippen molar-refractivity contribution >= 4 is 21.9 Å². The van der Waals surface area contributed by atoms with Gasteiger partial charge in [0.05, 0.1) is 6.54 Å². The van der Waals surface area contributed by atoms with Crippen molar-refractivity contribution in [1.29, 1.82) is 0 Å². The number of alkyl halides is 2. The Morgan fingerprint density at radius 1 is 1.35 bits per heavy atom. The number of hydrogen-bond acceptors (Lipinski definition) is 5. The van der Waals surface area contributed by atoms with E-state index < -0.39 is 51.6 Å². The first-order valence-electron chi connectivity index (χ1n) is 8.07. The van der Waals surface area contributed by atoms with E-state index in [0.29, 0.717) is 0 Å². The van der Waals surface area contributed by atoms with E-state index in [-0.39, 0.29) is 32.5 Å². The van der Waals surface area contributed by atoms with Gasteiger partial charge in [0, 0.05) is 25.6 Å². The van der Waals surface area contributed by atoms with Crippen LogP contribution in [0.15, 0.2) is 21.6 Å². The molecular formula is C15H20F2N2O6S. The predicted molar refractivity (Wildman–Crippen MR) is 85.4 cm³/mol. The molecule has 1 aromatic rings. The van der Waals surface area contributed by atoms with Crippen molar-refractivity contribution in [3.8, 4) is 0 Å². The van der Waals surface area contributed by atoms with Crippen LogP contribution in [0.5, 0.6) is 0 Å². The minimum Gasteiger partial charge on any atom is -0.475 e. The van der Waals surface area contributed by atoms with Gasteiger partial charge in [0.15, 0.2) is 0 Å². The van der Waals surface area contributed by atoms with Crippen molar-refractivity contribution in [3.63, 3.8) is 0 Å². The lowest BCUT2D eigenvalue weighted by atomic mass is 9.96. The van der Waals surface area contributed by atoms with E-state index in [1.807, 2.05) is 0 Å². The zero-order valence-corrected chi connectivity index (χ0v) is 14.9. The number of amides is 1. The third kappa shape index (κ3) is 4.39. The standard InChI is InChI=1S/C15H20F2N2O6S/c1-2-18(9-12(16)17)14(20)10-5-7-19(8-6-10)26(23,24)13-4-3-11(25-13)15(21)22/h3-4,10,12H,2,5-9H2,1H3,(H,21,22). The van der Waals surface area contributed by atoms with Crippen LogP contribution in [0.1, 0.15) is 30.3 Å². The van der Waals surface area contributed by atoms with Gasteiger partial charge >= 0.3 is 5.97 Å². The van der Waals surface area contributed by atoms with Gasteiger partial charge < -0.3 is 14.4 Å². The van der Waals surface area contributed by atoms with Crippen molar-refractivity contribution < 1.29 is 36.3 Å². The van der Waals surface area contributed by atoms with Crippen molar-refractivity contribution in [2.45, 2.75) is 31.3 Å². The lowest BCUT2D eigenvalue weighted by Crippen LogP contribution is -2.45. The lowest BCUT2D eigenvalue weighted by molar-refractivity contribution is -0.138. The molecule has 0 spiro atoms. The van der Waals surface area contributed by atoms with E-state index in [1.54, 1.807) is 6.92 Å². The lowest BCUT2D eigenvalue weighted by Gasteiger charge is -2.32. The quantitative estimate of drug-likeness (QED) is 0.751. The highest BCUT2D eigenvalue weighted by Gasteiger charge is 2.35. The summed E-state index contributed by atoms with van der Waals surface area (Å²) in [4.78, 5) is 24.2. The molecule has 2 rings (SSSR count). The van der Waals surface area contributed by atoms with Crippen LogP contribution in [0.25, 0.3) is 0 Å². The number of nitrogens with zero attached hydrogens (tertiary/aromatic N) is 2. The van der Waals surface area contributed by atoms with Gasteiger partial charge in [0.1, 0.15) is 0 Å². The molecule has 0 unspecified atom stereocenters. The van der Waals surface area contributed by atoms with Gasteiger partial charge in [0.25, 0.3) is 16.4 Å². The van der Waals surface area contributed by atoms with Gasteiger partial charge in [-0.15, -0.1) is 0 Å². The first-order valence-corrected chi connectivity index (χ1v) is 9.51. The molecule has 0 atom stereocenters. The normalized spacial score (nSPS) is 16.8. The summed E-state index contributed by atoms with van der Waals surface area (Å²) in [5.41, 5.74) is 0. The van der Waals surface area contributed by atoms with Gasteiger partial charge in [-0.05, 0) is 31.9 Å². The molecule has 8 nitrogen and oxygen atoms in total. The highest BCUT2D eigenvalue weighted by Crippen LogP contribution is 2.26. The molecule has 1 aliphatic rings. The number of hydrogen-bond donors (Lipinski definition) is 1. The van der Waals surface area contributed by atoms with Gasteiger partial charge in [-0.25, -0.2) is 22.0 Å². The second-order valence-corrected chi connectivity index (χ2v) is 7.74. The highest BCUT2D eigenvalue weighted by molar-refractivity contribution is 7.89.